The van der Waals surface area contributed by atoms with Crippen LogP contribution in [0.2, 0.25) is 0 Å². The van der Waals surface area contributed by atoms with Gasteiger partial charge in [-0.25, -0.2) is 0 Å². The van der Waals surface area contributed by atoms with Gasteiger partial charge in [-0.3, -0.25) is 0 Å². The van der Waals surface area contributed by atoms with Crippen LogP contribution in [0, 0.1) is 0 Å². The molecule has 5 aromatic carbocycles. The highest BCUT2D eigenvalue weighted by atomic mass is 14.0. The lowest BCUT2D eigenvalue weighted by Crippen LogP contribution is -1.75. The van der Waals surface area contributed by atoms with E-state index in [-0.39, 0.29) is 0 Å². The Bertz CT molecular complexity index is 986. The first-order valence-corrected chi connectivity index (χ1v) is 12.2. The Morgan fingerprint density at radius 2 is 0.469 bits per heavy atom. The molecule has 0 aromatic heterocycles. The van der Waals surface area contributed by atoms with Crippen LogP contribution in [0.4, 0.5) is 0 Å². The highest BCUT2D eigenvalue weighted by molar-refractivity contribution is 6.07. The van der Waals surface area contributed by atoms with Gasteiger partial charge in [0.15, 0.2) is 0 Å². The molecule has 0 aliphatic heterocycles. The number of rotatable bonds is 0. The second-order valence-electron chi connectivity index (χ2n) is 5.85. The lowest BCUT2D eigenvalue weighted by Gasteiger charge is -2.02. The summed E-state index contributed by atoms with van der Waals surface area (Å²) >= 11 is 0. The van der Waals surface area contributed by atoms with Gasteiger partial charge in [0.2, 0.25) is 0 Å². The third-order valence-electron chi connectivity index (χ3n) is 4.31. The summed E-state index contributed by atoms with van der Waals surface area (Å²) in [5.74, 6) is 0. The maximum Gasteiger partial charge on any atom is -0.0105 e. The third kappa shape index (κ3) is 8.55. The lowest BCUT2D eigenvalue weighted by molar-refractivity contribution is 1.50. The number of hydrogen-bond donors (Lipinski definition) is 0. The molecule has 170 valence electrons. The van der Waals surface area contributed by atoms with E-state index in [1.807, 2.05) is 55.4 Å². The second kappa shape index (κ2) is 18.6. The molecule has 32 heavy (non-hydrogen) atoms. The summed E-state index contributed by atoms with van der Waals surface area (Å²) in [7, 11) is 0. The largest absolute Gasteiger partial charge is 0.0683 e. The summed E-state index contributed by atoms with van der Waals surface area (Å²) in [5, 5.41) is 7.92. The van der Waals surface area contributed by atoms with Crippen LogP contribution in [0.15, 0.2) is 109 Å². The van der Waals surface area contributed by atoms with E-state index in [1.165, 1.54) is 32.3 Å². The molecule has 0 aliphatic carbocycles. The smallest absolute Gasteiger partial charge is 0.0105 e. The summed E-state index contributed by atoms with van der Waals surface area (Å²) in [6.45, 7) is 16.0. The average molecular weight is 427 g/mol. The van der Waals surface area contributed by atoms with E-state index >= 15 is 0 Å². The third-order valence-corrected chi connectivity index (χ3v) is 4.31. The molecule has 0 heterocycles. The maximum atomic E-state index is 2.18. The van der Waals surface area contributed by atoms with Crippen LogP contribution in [-0.2, 0) is 0 Å². The van der Waals surface area contributed by atoms with Crippen LogP contribution in [0.3, 0.4) is 0 Å². The molecule has 5 rings (SSSR count). The molecular weight excluding hydrogens is 384 g/mol. The first kappa shape index (κ1) is 28.9. The highest BCUT2D eigenvalue weighted by Gasteiger charge is 1.97. The van der Waals surface area contributed by atoms with Crippen LogP contribution >= 0.6 is 0 Å². The average Bonchev–Trinajstić information content (AvgIpc) is 2.93. The predicted molar refractivity (Wildman–Crippen MR) is 151 cm³/mol. The summed E-state index contributed by atoms with van der Waals surface area (Å²) in [4.78, 5) is 0. The van der Waals surface area contributed by atoms with Gasteiger partial charge in [-0.15, -0.1) is 0 Å². The Hall–Kier alpha value is -3.12. The van der Waals surface area contributed by atoms with Crippen molar-refractivity contribution in [1.82, 2.24) is 0 Å². The first-order valence-electron chi connectivity index (χ1n) is 12.2. The fourth-order valence-corrected chi connectivity index (χ4v) is 3.09. The van der Waals surface area contributed by atoms with Gasteiger partial charge >= 0.3 is 0 Å². The van der Waals surface area contributed by atoms with Crippen molar-refractivity contribution in [1.29, 1.82) is 0 Å². The topological polar surface area (TPSA) is 0 Å². The zero-order valence-electron chi connectivity index (χ0n) is 21.4. The van der Waals surface area contributed by atoms with Gasteiger partial charge in [0, 0.05) is 0 Å². The van der Waals surface area contributed by atoms with Crippen molar-refractivity contribution in [3.63, 3.8) is 0 Å². The van der Waals surface area contributed by atoms with E-state index in [1.54, 1.807) is 0 Å². The number of hydrogen-bond acceptors (Lipinski definition) is 0. The predicted octanol–water partition coefficient (Wildman–Crippen LogP) is 10.9. The van der Waals surface area contributed by atoms with E-state index in [0.29, 0.717) is 0 Å². The summed E-state index contributed by atoms with van der Waals surface area (Å²) in [5.41, 5.74) is 0. The molecule has 0 unspecified atom stereocenters. The minimum Gasteiger partial charge on any atom is -0.0683 e. The zero-order valence-corrected chi connectivity index (χ0v) is 21.4. The van der Waals surface area contributed by atoms with Gasteiger partial charge in [0.05, 0.1) is 0 Å². The second-order valence-corrected chi connectivity index (χ2v) is 5.85. The Morgan fingerprint density at radius 3 is 0.750 bits per heavy atom. The van der Waals surface area contributed by atoms with Crippen LogP contribution in [0.25, 0.3) is 32.3 Å². The van der Waals surface area contributed by atoms with Crippen molar-refractivity contribution >= 4 is 32.3 Å². The van der Waals surface area contributed by atoms with Crippen LogP contribution in [0.1, 0.15) is 55.4 Å². The molecule has 0 spiro atoms. The molecule has 0 heteroatoms. The molecule has 0 amide bonds. The van der Waals surface area contributed by atoms with E-state index < -0.39 is 0 Å². The van der Waals surface area contributed by atoms with Crippen LogP contribution in [-0.4, -0.2) is 0 Å². The molecule has 0 nitrogen and oxygen atoms in total. The fourth-order valence-electron chi connectivity index (χ4n) is 3.09. The Balaban J connectivity index is 0.000000472. The van der Waals surface area contributed by atoms with Gasteiger partial charge in [0.1, 0.15) is 0 Å². The Morgan fingerprint density at radius 1 is 0.250 bits per heavy atom. The SMILES string of the molecule is CC.CC.CC.CC.c1ccc2c(c1)ccc1ccccc12.c1ccc2ccccc2c1. The maximum absolute atomic E-state index is 2.18. The molecule has 0 radical (unpaired) electrons. The van der Waals surface area contributed by atoms with E-state index in [0.717, 1.165) is 0 Å². The molecule has 0 bridgehead atoms. The summed E-state index contributed by atoms with van der Waals surface area (Å²) < 4.78 is 0. The van der Waals surface area contributed by atoms with Crippen molar-refractivity contribution in [2.75, 3.05) is 0 Å². The summed E-state index contributed by atoms with van der Waals surface area (Å²) in [6, 6.07) is 38.1. The molecule has 0 atom stereocenters. The minimum atomic E-state index is 1.31. The molecule has 0 fully saturated rings. The van der Waals surface area contributed by atoms with Crippen molar-refractivity contribution < 1.29 is 0 Å². The molecule has 0 saturated carbocycles. The van der Waals surface area contributed by atoms with Gasteiger partial charge < -0.3 is 0 Å². The molecule has 0 aliphatic rings. The monoisotopic (exact) mass is 426 g/mol. The summed E-state index contributed by atoms with van der Waals surface area (Å²) in [6.07, 6.45) is 0. The van der Waals surface area contributed by atoms with E-state index in [9.17, 15) is 0 Å². The van der Waals surface area contributed by atoms with E-state index in [4.69, 9.17) is 0 Å². The van der Waals surface area contributed by atoms with Crippen LogP contribution in [0.5, 0.6) is 0 Å². The quantitative estimate of drug-likeness (QED) is 0.216. The minimum absolute atomic E-state index is 1.31. The molecule has 0 N–H and O–H groups in total. The van der Waals surface area contributed by atoms with Crippen molar-refractivity contribution in [3.05, 3.63) is 109 Å². The zero-order chi connectivity index (χ0) is 24.2. The lowest BCUT2D eigenvalue weighted by atomic mass is 10.0. The van der Waals surface area contributed by atoms with Gasteiger partial charge in [-0.05, 0) is 32.3 Å². The molecule has 5 aromatic rings. The Kier molecular flexibility index (Phi) is 16.8. The standard InChI is InChI=1S/C14H10.C10H8.4C2H6/c1-3-7-13-11(5-1)9-10-12-6-2-4-8-14(12)13;1-2-6-10-8-4-3-7-9(10)5-1;4*1-2/h1-10H;1-8H;4*1-2H3. The molecule has 0 saturated heterocycles. The number of benzene rings is 5. The van der Waals surface area contributed by atoms with Crippen molar-refractivity contribution in [2.45, 2.75) is 55.4 Å². The van der Waals surface area contributed by atoms with Gasteiger partial charge in [-0.2, -0.15) is 0 Å². The molecular formula is C32H42. The highest BCUT2D eigenvalue weighted by Crippen LogP contribution is 2.24. The van der Waals surface area contributed by atoms with Crippen molar-refractivity contribution in [3.8, 4) is 0 Å². The van der Waals surface area contributed by atoms with Gasteiger partial charge in [-0.1, -0.05) is 165 Å². The normalized spacial score (nSPS) is 8.62. The van der Waals surface area contributed by atoms with Crippen LogP contribution < -0.4 is 0 Å². The van der Waals surface area contributed by atoms with Crippen molar-refractivity contribution in [2.24, 2.45) is 0 Å². The van der Waals surface area contributed by atoms with Gasteiger partial charge in [0.25, 0.3) is 0 Å². The fraction of sp³-hybridized carbons (Fsp3) is 0.250. The van der Waals surface area contributed by atoms with E-state index in [2.05, 4.69) is 109 Å². The first-order chi connectivity index (χ1) is 15.9. The number of fused-ring (bicyclic) bond motifs is 4. The Labute approximate surface area is 196 Å².